The van der Waals surface area contributed by atoms with Gasteiger partial charge in [0.25, 0.3) is 0 Å². The van der Waals surface area contributed by atoms with Crippen molar-refractivity contribution >= 4 is 0 Å². The van der Waals surface area contributed by atoms with Gasteiger partial charge in [0.1, 0.15) is 0 Å². The van der Waals surface area contributed by atoms with Gasteiger partial charge in [-0.1, -0.05) is 33.6 Å². The number of hydrogen-bond donors (Lipinski definition) is 1. The van der Waals surface area contributed by atoms with Crippen LogP contribution in [-0.4, -0.2) is 25.3 Å². The Morgan fingerprint density at radius 3 is 2.69 bits per heavy atom. The molecule has 0 aliphatic carbocycles. The molecule has 1 fully saturated rings. The second-order valence-electron chi connectivity index (χ2n) is 5.44. The van der Waals surface area contributed by atoms with E-state index < -0.39 is 0 Å². The zero-order valence-corrected chi connectivity index (χ0v) is 11.3. The third kappa shape index (κ3) is 5.31. The number of ether oxygens (including phenoxy) is 1. The third-order valence-corrected chi connectivity index (χ3v) is 3.37. The molecule has 2 nitrogen and oxygen atoms in total. The largest absolute Gasteiger partial charge is 0.377 e. The van der Waals surface area contributed by atoms with Crippen molar-refractivity contribution in [3.8, 4) is 0 Å². The molecule has 2 heteroatoms. The van der Waals surface area contributed by atoms with Crippen molar-refractivity contribution in [3.05, 3.63) is 0 Å². The van der Waals surface area contributed by atoms with Crippen LogP contribution < -0.4 is 5.32 Å². The molecule has 1 aliphatic rings. The molecule has 0 radical (unpaired) electrons. The van der Waals surface area contributed by atoms with Gasteiger partial charge in [-0.25, -0.2) is 0 Å². The minimum atomic E-state index is 0.485. The van der Waals surface area contributed by atoms with Crippen LogP contribution in [0.5, 0.6) is 0 Å². The normalized spacial score (nSPS) is 22.9. The molecule has 0 spiro atoms. The van der Waals surface area contributed by atoms with Crippen molar-refractivity contribution in [3.63, 3.8) is 0 Å². The molecule has 0 aromatic carbocycles. The van der Waals surface area contributed by atoms with Crippen LogP contribution in [0.25, 0.3) is 0 Å². The highest BCUT2D eigenvalue weighted by molar-refractivity contribution is 4.80. The summed E-state index contributed by atoms with van der Waals surface area (Å²) in [5.41, 5.74) is 0. The highest BCUT2D eigenvalue weighted by Crippen LogP contribution is 2.20. The Morgan fingerprint density at radius 1 is 1.31 bits per heavy atom. The van der Waals surface area contributed by atoms with E-state index in [-0.39, 0.29) is 0 Å². The summed E-state index contributed by atoms with van der Waals surface area (Å²) in [6.07, 6.45) is 8.16. The molecule has 16 heavy (non-hydrogen) atoms. The molecule has 0 amide bonds. The van der Waals surface area contributed by atoms with Crippen molar-refractivity contribution in [2.45, 2.75) is 71.4 Å². The lowest BCUT2D eigenvalue weighted by Gasteiger charge is -2.24. The second kappa shape index (κ2) is 8.08. The molecule has 1 heterocycles. The van der Waals surface area contributed by atoms with Crippen LogP contribution in [0.15, 0.2) is 0 Å². The monoisotopic (exact) mass is 227 g/mol. The lowest BCUT2D eigenvalue weighted by molar-refractivity contribution is 0.0744. The SMILES string of the molecule is CCCNC(CCCC(C)C)C1CCCO1. The van der Waals surface area contributed by atoms with Crippen LogP contribution in [0, 0.1) is 5.92 Å². The maximum Gasteiger partial charge on any atom is 0.0728 e. The molecule has 1 rings (SSSR count). The van der Waals surface area contributed by atoms with Crippen LogP contribution >= 0.6 is 0 Å². The van der Waals surface area contributed by atoms with E-state index >= 15 is 0 Å². The van der Waals surface area contributed by atoms with Gasteiger partial charge in [-0.15, -0.1) is 0 Å². The van der Waals surface area contributed by atoms with Gasteiger partial charge >= 0.3 is 0 Å². The molecule has 0 bridgehead atoms. The summed E-state index contributed by atoms with van der Waals surface area (Å²) in [6.45, 7) is 8.94. The van der Waals surface area contributed by atoms with E-state index in [4.69, 9.17) is 4.74 Å². The maximum atomic E-state index is 5.81. The Balaban J connectivity index is 2.25. The molecular formula is C14H29NO. The van der Waals surface area contributed by atoms with E-state index in [1.807, 2.05) is 0 Å². The molecular weight excluding hydrogens is 198 g/mol. The molecule has 0 aromatic rings. The van der Waals surface area contributed by atoms with Gasteiger partial charge in [0.15, 0.2) is 0 Å². The molecule has 1 saturated heterocycles. The van der Waals surface area contributed by atoms with Gasteiger partial charge in [0.05, 0.1) is 6.10 Å². The molecule has 96 valence electrons. The maximum absolute atomic E-state index is 5.81. The van der Waals surface area contributed by atoms with E-state index in [1.165, 1.54) is 38.5 Å². The topological polar surface area (TPSA) is 21.3 Å². The van der Waals surface area contributed by atoms with E-state index in [0.29, 0.717) is 12.1 Å². The first-order valence-electron chi connectivity index (χ1n) is 7.09. The van der Waals surface area contributed by atoms with Crippen molar-refractivity contribution in [2.75, 3.05) is 13.2 Å². The Kier molecular flexibility index (Phi) is 7.06. The zero-order valence-electron chi connectivity index (χ0n) is 11.3. The van der Waals surface area contributed by atoms with Gasteiger partial charge in [-0.2, -0.15) is 0 Å². The van der Waals surface area contributed by atoms with E-state index in [9.17, 15) is 0 Å². The van der Waals surface area contributed by atoms with Gasteiger partial charge < -0.3 is 10.1 Å². The standard InChI is InChI=1S/C14H29NO/c1-4-10-15-13(8-5-7-12(2)3)14-9-6-11-16-14/h12-15H,4-11H2,1-3H3. The van der Waals surface area contributed by atoms with Crippen molar-refractivity contribution < 1.29 is 4.74 Å². The molecule has 1 N–H and O–H groups in total. The van der Waals surface area contributed by atoms with E-state index in [1.54, 1.807) is 0 Å². The smallest absolute Gasteiger partial charge is 0.0728 e. The first-order valence-corrected chi connectivity index (χ1v) is 7.09. The predicted octanol–water partition coefficient (Wildman–Crippen LogP) is 3.36. The fraction of sp³-hybridized carbons (Fsp3) is 1.00. The highest BCUT2D eigenvalue weighted by Gasteiger charge is 2.24. The minimum Gasteiger partial charge on any atom is -0.377 e. The lowest BCUT2D eigenvalue weighted by atomic mass is 9.98. The Morgan fingerprint density at radius 2 is 2.12 bits per heavy atom. The average molecular weight is 227 g/mol. The molecule has 0 saturated carbocycles. The van der Waals surface area contributed by atoms with Gasteiger partial charge in [0, 0.05) is 12.6 Å². The van der Waals surface area contributed by atoms with Crippen LogP contribution in [0.1, 0.15) is 59.3 Å². The second-order valence-corrected chi connectivity index (χ2v) is 5.44. The van der Waals surface area contributed by atoms with Crippen LogP contribution in [0.2, 0.25) is 0 Å². The van der Waals surface area contributed by atoms with Gasteiger partial charge in [0.2, 0.25) is 0 Å². The van der Waals surface area contributed by atoms with Gasteiger partial charge in [-0.3, -0.25) is 0 Å². The predicted molar refractivity (Wildman–Crippen MR) is 69.7 cm³/mol. The summed E-state index contributed by atoms with van der Waals surface area (Å²) in [7, 11) is 0. The Hall–Kier alpha value is -0.0800. The average Bonchev–Trinajstić information content (AvgIpc) is 2.75. The fourth-order valence-corrected chi connectivity index (χ4v) is 2.42. The number of hydrogen-bond acceptors (Lipinski definition) is 2. The summed E-state index contributed by atoms with van der Waals surface area (Å²) in [5, 5.41) is 3.66. The van der Waals surface area contributed by atoms with Crippen LogP contribution in [0.3, 0.4) is 0 Å². The number of rotatable bonds is 8. The summed E-state index contributed by atoms with van der Waals surface area (Å²) >= 11 is 0. The first kappa shape index (κ1) is 14.0. The van der Waals surface area contributed by atoms with Crippen molar-refractivity contribution in [1.82, 2.24) is 5.32 Å². The summed E-state index contributed by atoms with van der Waals surface area (Å²) in [4.78, 5) is 0. The Labute approximate surface area is 101 Å². The molecule has 2 atom stereocenters. The van der Waals surface area contributed by atoms with Crippen molar-refractivity contribution in [1.29, 1.82) is 0 Å². The van der Waals surface area contributed by atoms with E-state index in [0.717, 1.165) is 19.1 Å². The molecule has 0 aromatic heterocycles. The molecule has 2 unspecified atom stereocenters. The van der Waals surface area contributed by atoms with Crippen molar-refractivity contribution in [2.24, 2.45) is 5.92 Å². The first-order chi connectivity index (χ1) is 7.74. The lowest BCUT2D eigenvalue weighted by Crippen LogP contribution is -2.40. The summed E-state index contributed by atoms with van der Waals surface area (Å²) in [6, 6.07) is 0.598. The summed E-state index contributed by atoms with van der Waals surface area (Å²) < 4.78 is 5.81. The quantitative estimate of drug-likeness (QED) is 0.686. The van der Waals surface area contributed by atoms with E-state index in [2.05, 4.69) is 26.1 Å². The third-order valence-electron chi connectivity index (χ3n) is 3.37. The Bertz CT molecular complexity index is 164. The fourth-order valence-electron chi connectivity index (χ4n) is 2.42. The minimum absolute atomic E-state index is 0.485. The highest BCUT2D eigenvalue weighted by atomic mass is 16.5. The van der Waals surface area contributed by atoms with Crippen LogP contribution in [0.4, 0.5) is 0 Å². The number of nitrogens with one attached hydrogen (secondary N) is 1. The van der Waals surface area contributed by atoms with Crippen LogP contribution in [-0.2, 0) is 4.74 Å². The van der Waals surface area contributed by atoms with Gasteiger partial charge in [-0.05, 0) is 38.1 Å². The summed E-state index contributed by atoms with van der Waals surface area (Å²) in [5.74, 6) is 0.830. The zero-order chi connectivity index (χ0) is 11.8. The molecule has 1 aliphatic heterocycles.